The largest absolute Gasteiger partial charge is 0.495 e. The van der Waals surface area contributed by atoms with E-state index in [4.69, 9.17) is 58.5 Å². The number of nitrogens with one attached hydrogen (secondary N) is 7. The summed E-state index contributed by atoms with van der Waals surface area (Å²) in [5.74, 6) is 5.00. The van der Waals surface area contributed by atoms with Crippen LogP contribution in [0, 0.1) is 0 Å². The molecule has 3 saturated heterocycles. The number of carbonyl (C=O) groups is 1. The van der Waals surface area contributed by atoms with Crippen molar-refractivity contribution in [1.29, 1.82) is 0 Å². The molecule has 0 unspecified atom stereocenters. The molecule has 3 fully saturated rings. The molecule has 0 atom stereocenters. The molecule has 7 N–H and O–H groups in total. The lowest BCUT2D eigenvalue weighted by Crippen LogP contribution is -2.52. The fourth-order valence-electron chi connectivity index (χ4n) is 12.3. The van der Waals surface area contributed by atoms with E-state index in [0.717, 1.165) is 79.8 Å². The molecule has 9 aromatic rings. The van der Waals surface area contributed by atoms with Gasteiger partial charge in [0.15, 0.2) is 17.5 Å². The molecule has 3 aliphatic rings. The number of anilines is 13. The first-order valence-electron chi connectivity index (χ1n) is 35.1. The highest BCUT2D eigenvalue weighted by Gasteiger charge is 2.29. The van der Waals surface area contributed by atoms with Gasteiger partial charge in [0.05, 0.1) is 88.3 Å². The molecule has 108 heavy (non-hydrogen) atoms. The van der Waals surface area contributed by atoms with Gasteiger partial charge in [0.1, 0.15) is 65.2 Å². The lowest BCUT2D eigenvalue weighted by Gasteiger charge is -2.42. The Morgan fingerprint density at radius 1 is 0.426 bits per heavy atom. The van der Waals surface area contributed by atoms with Crippen molar-refractivity contribution in [2.75, 3.05) is 179 Å². The molecule has 12 rings (SSSR count). The molecule has 3 aromatic heterocycles. The van der Waals surface area contributed by atoms with E-state index in [-0.39, 0.29) is 17.9 Å². The zero-order chi connectivity index (χ0) is 77.5. The van der Waals surface area contributed by atoms with E-state index < -0.39 is 21.4 Å². The van der Waals surface area contributed by atoms with E-state index in [1.165, 1.54) is 44.5 Å². The van der Waals surface area contributed by atoms with Crippen LogP contribution in [-0.2, 0) is 13.7 Å². The van der Waals surface area contributed by atoms with Crippen LogP contribution in [0.2, 0.25) is 15.1 Å². The van der Waals surface area contributed by atoms with Crippen molar-refractivity contribution in [3.05, 3.63) is 161 Å². The van der Waals surface area contributed by atoms with Gasteiger partial charge >= 0.3 is 0 Å². The van der Waals surface area contributed by atoms with Gasteiger partial charge in [0.2, 0.25) is 17.8 Å². The number of methoxy groups -OCH3 is 5. The molecule has 6 aromatic carbocycles. The number of likely N-dealkylation sites (N-methyl/N-ethyl adjacent to an activating group) is 1. The molecule has 0 spiro atoms. The SMILES string of the molecule is COc1cc(C(=O)NC2CCN(C)CC2)ccc1Nc1ncc(Cl)c(Nc2ccccc2P(C)(C)=O)n1.COc1cc(N2CCC(N3CCN(C)CC3)CC2)ccc1Nc1ncc(Cl)c(Nc2ccc(P(C)(C)=O)cc2OC)n1.COc1cc(P(C)(C)=O)ccc1Nc1ncc(Cl)c(Nc2ccccc2OC)n1. The fourth-order valence-corrected chi connectivity index (χ4v) is 15.6. The zero-order valence-corrected chi connectivity index (χ0v) is 68.0. The smallest absolute Gasteiger partial charge is 0.251 e. The minimum absolute atomic E-state index is 0.128. The monoisotopic (exact) mass is 1590 g/mol. The number of amides is 1. The van der Waals surface area contributed by atoms with Crippen molar-refractivity contribution in [2.45, 2.75) is 37.8 Å². The third-order valence-corrected chi connectivity index (χ3v) is 23.9. The molecular weight excluding hydrogens is 1490 g/mol. The van der Waals surface area contributed by atoms with E-state index in [2.05, 4.69) is 113 Å². The maximum atomic E-state index is 12.8. The normalized spacial score (nSPS) is 14.7. The van der Waals surface area contributed by atoms with Crippen LogP contribution in [-0.4, -0.2) is 205 Å². The molecule has 0 saturated carbocycles. The number of aromatic nitrogens is 6. The second kappa shape index (κ2) is 37.0. The van der Waals surface area contributed by atoms with E-state index in [9.17, 15) is 18.5 Å². The topological polar surface area (TPSA) is 289 Å². The quantitative estimate of drug-likeness (QED) is 0.0277. The van der Waals surface area contributed by atoms with Gasteiger partial charge in [0, 0.05) is 84.6 Å². The molecule has 26 nitrogen and oxygen atoms in total. The standard InChI is InChI=1S/C30H41ClN7O3P.C26H32ClN6O3P.C20H22ClN4O3P/c1-36-14-16-38(17-15-36)21-10-12-37(13-11-21)22-6-8-26(27(18-22)40-2)34-30-32-20-24(31)29(35-30)33-25-9-7-23(42(4,5)39)19-28(25)41-3;1-33-13-11-18(12-14-33)29-25(34)17-9-10-20(22(15-17)36-2)31-26-28-16-19(27)24(32-26)30-21-7-5-6-8-23(21)37(3,4)35;1-27-17-8-6-5-7-15(17)23-19-14(21)12-22-20(25-19)24-16-10-9-13(29(3,4)26)11-18(16)28-2/h6-9,18-21H,10-17H2,1-5H3,(H2,32,33,34,35);5-10,15-16,18H,11-14H2,1-4H3,(H,29,34)(H2,28,30,31,32);5-12H,1-4H3,(H2,22,23,24,25). The van der Waals surface area contributed by atoms with Crippen molar-refractivity contribution < 1.29 is 42.2 Å². The Bertz CT molecular complexity index is 4760. The summed E-state index contributed by atoms with van der Waals surface area (Å²) in [7, 11) is 4.86. The highest BCUT2D eigenvalue weighted by atomic mass is 35.5. The summed E-state index contributed by atoms with van der Waals surface area (Å²) in [6.45, 7) is 19.0. The Hall–Kier alpha value is -8.93. The number of likely N-dealkylation sites (tertiary alicyclic amines) is 1. The third-order valence-electron chi connectivity index (χ3n) is 18.5. The maximum Gasteiger partial charge on any atom is 0.251 e. The Balaban J connectivity index is 0.000000176. The second-order valence-electron chi connectivity index (χ2n) is 27.4. The van der Waals surface area contributed by atoms with Crippen LogP contribution in [0.15, 0.2) is 140 Å². The minimum atomic E-state index is -2.53. The summed E-state index contributed by atoms with van der Waals surface area (Å²) in [5.41, 5.74) is 5.71. The Kier molecular flexibility index (Phi) is 27.9. The van der Waals surface area contributed by atoms with E-state index in [1.807, 2.05) is 66.7 Å². The molecule has 1 amide bonds. The first kappa shape index (κ1) is 81.6. The summed E-state index contributed by atoms with van der Waals surface area (Å²) in [5, 5.41) is 25.4. The van der Waals surface area contributed by atoms with Gasteiger partial charge in [-0.3, -0.25) is 9.69 Å². The summed E-state index contributed by atoms with van der Waals surface area (Å²) >= 11 is 19.1. The van der Waals surface area contributed by atoms with E-state index in [0.29, 0.717) is 113 Å². The Morgan fingerprint density at radius 2 is 0.824 bits per heavy atom. The Labute approximate surface area is 647 Å². The molecule has 0 radical (unpaired) electrons. The minimum Gasteiger partial charge on any atom is -0.495 e. The summed E-state index contributed by atoms with van der Waals surface area (Å²) in [6.07, 6.45) is 8.73. The summed E-state index contributed by atoms with van der Waals surface area (Å²) in [6, 6.07) is 37.8. The molecule has 32 heteroatoms. The molecule has 3 aliphatic heterocycles. The van der Waals surface area contributed by atoms with E-state index in [1.54, 1.807) is 118 Å². The number of piperidine rings is 2. The number of halogens is 3. The van der Waals surface area contributed by atoms with Crippen molar-refractivity contribution >= 4 is 153 Å². The lowest BCUT2D eigenvalue weighted by atomic mass is 10.0. The number of benzene rings is 6. The predicted molar refractivity (Wildman–Crippen MR) is 442 cm³/mol. The zero-order valence-electron chi connectivity index (χ0n) is 63.0. The predicted octanol–water partition coefficient (Wildman–Crippen LogP) is 14.7. The van der Waals surface area contributed by atoms with Crippen LogP contribution in [0.4, 0.5) is 75.1 Å². The molecule has 574 valence electrons. The van der Waals surface area contributed by atoms with Gasteiger partial charge in [-0.1, -0.05) is 59.1 Å². The van der Waals surface area contributed by atoms with Crippen molar-refractivity contribution in [2.24, 2.45) is 0 Å². The fraction of sp³-hybridized carbons (Fsp3) is 0.355. The number of nitrogens with zero attached hydrogens (tertiary/aromatic N) is 10. The number of para-hydroxylation sites is 3. The highest BCUT2D eigenvalue weighted by molar-refractivity contribution is 7.71. The second-order valence-corrected chi connectivity index (χ2v) is 38.2. The van der Waals surface area contributed by atoms with Crippen molar-refractivity contribution in [3.63, 3.8) is 0 Å². The van der Waals surface area contributed by atoms with E-state index >= 15 is 0 Å². The van der Waals surface area contributed by atoms with Crippen LogP contribution < -0.4 is 81.7 Å². The van der Waals surface area contributed by atoms with Crippen LogP contribution in [0.3, 0.4) is 0 Å². The van der Waals surface area contributed by atoms with Gasteiger partial charge in [-0.15, -0.1) is 0 Å². The van der Waals surface area contributed by atoms with Gasteiger partial charge in [-0.2, -0.15) is 15.0 Å². The van der Waals surface area contributed by atoms with Crippen LogP contribution in [0.25, 0.3) is 0 Å². The average Bonchev–Trinajstić information content (AvgIpc) is 0.819. The maximum absolute atomic E-state index is 12.8. The molecular formula is C76H95Cl3N17O9P3. The van der Waals surface area contributed by atoms with Crippen molar-refractivity contribution in [3.8, 4) is 28.7 Å². The van der Waals surface area contributed by atoms with Gasteiger partial charge in [-0.05, 0) is 184 Å². The van der Waals surface area contributed by atoms with Crippen molar-refractivity contribution in [1.82, 2.24) is 49.9 Å². The van der Waals surface area contributed by atoms with Gasteiger partial charge in [-0.25, -0.2) is 15.0 Å². The number of hydrogen-bond donors (Lipinski definition) is 7. The first-order chi connectivity index (χ1) is 51.6. The highest BCUT2D eigenvalue weighted by Crippen LogP contribution is 2.43. The number of piperazine rings is 1. The number of rotatable bonds is 24. The molecule has 0 bridgehead atoms. The third kappa shape index (κ3) is 21.9. The number of hydrogen-bond acceptors (Lipinski definition) is 25. The van der Waals surface area contributed by atoms with Crippen LogP contribution >= 0.6 is 56.2 Å². The average molecular weight is 1590 g/mol. The number of ether oxygens (including phenoxy) is 5. The van der Waals surface area contributed by atoms with Crippen LogP contribution in [0.1, 0.15) is 36.0 Å². The van der Waals surface area contributed by atoms with Crippen LogP contribution in [0.5, 0.6) is 28.7 Å². The summed E-state index contributed by atoms with van der Waals surface area (Å²) in [4.78, 5) is 49.0. The summed E-state index contributed by atoms with van der Waals surface area (Å²) < 4.78 is 65.2. The van der Waals surface area contributed by atoms with Gasteiger partial charge in [0.25, 0.3) is 5.91 Å². The molecule has 6 heterocycles. The number of carbonyl (C=O) groups excluding carboxylic acids is 1. The Morgan fingerprint density at radius 3 is 1.30 bits per heavy atom. The van der Waals surface area contributed by atoms with Gasteiger partial charge < -0.3 is 89.3 Å². The first-order valence-corrected chi connectivity index (χ1v) is 44.0. The molecule has 0 aliphatic carbocycles. The lowest BCUT2D eigenvalue weighted by molar-refractivity contribution is 0.0916.